The third kappa shape index (κ3) is 5.50. The first-order valence-corrected chi connectivity index (χ1v) is 9.57. The van der Waals surface area contributed by atoms with E-state index in [0.717, 1.165) is 6.42 Å². The second-order valence-electron chi connectivity index (χ2n) is 7.01. The van der Waals surface area contributed by atoms with E-state index in [4.69, 9.17) is 5.11 Å². The maximum atomic E-state index is 13.3. The van der Waals surface area contributed by atoms with Crippen molar-refractivity contribution in [3.05, 3.63) is 76.9 Å². The molecule has 0 aliphatic heterocycles. The van der Waals surface area contributed by atoms with Gasteiger partial charge in [0.25, 0.3) is 0 Å². The molecule has 2 aromatic rings. The Morgan fingerprint density at radius 1 is 1.20 bits per heavy atom. The minimum atomic E-state index is -1.75. The van der Waals surface area contributed by atoms with Crippen LogP contribution in [0.5, 0.6) is 0 Å². The van der Waals surface area contributed by atoms with E-state index in [1.54, 1.807) is 26.0 Å². The number of allylic oxidation sites excluding steroid dienone is 1. The zero-order valence-electron chi connectivity index (χ0n) is 17.4. The Bertz CT molecular complexity index is 969. The number of halogens is 1. The van der Waals surface area contributed by atoms with Crippen LogP contribution in [0, 0.1) is 18.7 Å². The lowest BCUT2D eigenvalue weighted by molar-refractivity contribution is -1.20. The lowest BCUT2D eigenvalue weighted by Crippen LogP contribution is -2.45. The maximum Gasteiger partial charge on any atom is 0.335 e. The molecule has 0 saturated heterocycles. The Hall–Kier alpha value is -3.07. The summed E-state index contributed by atoms with van der Waals surface area (Å²) in [7, 11) is 0. The minimum absolute atomic E-state index is 0.0259. The van der Waals surface area contributed by atoms with Crippen molar-refractivity contribution in [1.82, 2.24) is 0 Å². The summed E-state index contributed by atoms with van der Waals surface area (Å²) >= 11 is 0. The highest BCUT2D eigenvalue weighted by Crippen LogP contribution is 2.24. The molecular formula is C22H27FN3O4+. The molecule has 0 aromatic heterocycles. The second kappa shape index (κ2) is 9.62. The molecule has 0 spiro atoms. The molecule has 0 heterocycles. The second-order valence-corrected chi connectivity index (χ2v) is 7.01. The lowest BCUT2D eigenvalue weighted by Gasteiger charge is -2.23. The van der Waals surface area contributed by atoms with Gasteiger partial charge in [0, 0.05) is 6.08 Å². The molecule has 0 saturated carbocycles. The molecular weight excluding hydrogens is 389 g/mol. The van der Waals surface area contributed by atoms with E-state index in [9.17, 15) is 19.6 Å². The van der Waals surface area contributed by atoms with E-state index < -0.39 is 10.9 Å². The number of aliphatic imine (C=N–C) groups is 1. The van der Waals surface area contributed by atoms with Gasteiger partial charge in [-0.2, -0.15) is 10.4 Å². The number of carbonyl (C=O) groups is 1. The largest absolute Gasteiger partial charge is 0.478 e. The average Bonchev–Trinajstić information content (AvgIpc) is 2.70. The normalized spacial score (nSPS) is 13.8. The van der Waals surface area contributed by atoms with E-state index in [1.165, 1.54) is 36.4 Å². The van der Waals surface area contributed by atoms with Gasteiger partial charge >= 0.3 is 11.8 Å². The van der Waals surface area contributed by atoms with Gasteiger partial charge < -0.3 is 5.11 Å². The van der Waals surface area contributed by atoms with E-state index >= 15 is 0 Å². The van der Waals surface area contributed by atoms with Crippen molar-refractivity contribution in [1.29, 1.82) is 0 Å². The van der Waals surface area contributed by atoms with E-state index in [0.29, 0.717) is 22.5 Å². The zero-order valence-corrected chi connectivity index (χ0v) is 17.4. The fourth-order valence-electron chi connectivity index (χ4n) is 2.86. The monoisotopic (exact) mass is 416 g/mol. The zero-order chi connectivity index (χ0) is 22.5. The molecule has 0 fully saturated rings. The van der Waals surface area contributed by atoms with Gasteiger partial charge in [-0.05, 0) is 67.6 Å². The minimum Gasteiger partial charge on any atom is -0.478 e. The van der Waals surface area contributed by atoms with Crippen LogP contribution >= 0.6 is 0 Å². The molecule has 1 unspecified atom stereocenters. The molecule has 30 heavy (non-hydrogen) atoms. The van der Waals surface area contributed by atoms with E-state index in [2.05, 4.69) is 10.4 Å². The first-order valence-electron chi connectivity index (χ1n) is 9.57. The topological polar surface area (TPSA) is 102 Å². The van der Waals surface area contributed by atoms with Gasteiger partial charge in [-0.3, -0.25) is 0 Å². The number of carboxylic acid groups (broad SMARTS) is 1. The molecule has 7 nitrogen and oxygen atoms in total. The fourth-order valence-corrected chi connectivity index (χ4v) is 2.86. The third-order valence-corrected chi connectivity index (χ3v) is 4.78. The number of anilines is 1. The SMILES string of the molecule is C/C=C(\N=C(\c1ccc(F)cc1)C(C)CC)[N+](O)(O)Nc1ccc(C(=O)O)cc1C. The molecule has 160 valence electrons. The molecule has 2 rings (SSSR count). The highest BCUT2D eigenvalue weighted by atomic mass is 19.1. The molecule has 0 bridgehead atoms. The number of nitrogens with one attached hydrogen (secondary N) is 1. The van der Waals surface area contributed by atoms with Crippen molar-refractivity contribution < 1.29 is 29.6 Å². The number of carboxylic acids is 1. The Morgan fingerprint density at radius 3 is 2.30 bits per heavy atom. The van der Waals surface area contributed by atoms with Gasteiger partial charge in [0.2, 0.25) is 0 Å². The molecule has 2 aromatic carbocycles. The molecule has 0 amide bonds. The summed E-state index contributed by atoms with van der Waals surface area (Å²) < 4.78 is 13.3. The summed E-state index contributed by atoms with van der Waals surface area (Å²) in [5, 5.41) is 30.4. The van der Waals surface area contributed by atoms with E-state index in [1.807, 2.05) is 13.8 Å². The standard InChI is InChI=1S/C22H26FN3O4/c1-5-14(3)21(16-7-10-18(23)11-8-16)24-20(6-2)26(29,30)25-19-12-9-17(22(27)28)13-15(19)4/h6-14,25,29-30H,5H2,1-4H3/p+1/b20-6+,24-21+. The van der Waals surface area contributed by atoms with Gasteiger partial charge in [-0.1, -0.05) is 26.0 Å². The summed E-state index contributed by atoms with van der Waals surface area (Å²) in [6.07, 6.45) is 2.19. The van der Waals surface area contributed by atoms with Gasteiger partial charge in [0.15, 0.2) is 0 Å². The number of nitrogens with zero attached hydrogens (tertiary/aromatic N) is 2. The average molecular weight is 416 g/mol. The number of hydrogen-bond donors (Lipinski definition) is 4. The van der Waals surface area contributed by atoms with Gasteiger partial charge in [-0.15, -0.1) is 10.4 Å². The Morgan fingerprint density at radius 2 is 1.80 bits per heavy atom. The van der Waals surface area contributed by atoms with Crippen molar-refractivity contribution >= 4 is 17.4 Å². The smallest absolute Gasteiger partial charge is 0.335 e. The van der Waals surface area contributed by atoms with Crippen LogP contribution in [0.2, 0.25) is 0 Å². The van der Waals surface area contributed by atoms with Gasteiger partial charge in [0.1, 0.15) is 5.82 Å². The van der Waals surface area contributed by atoms with Crippen LogP contribution in [-0.2, 0) is 0 Å². The predicted octanol–water partition coefficient (Wildman–Crippen LogP) is 5.15. The lowest BCUT2D eigenvalue weighted by atomic mass is 9.96. The van der Waals surface area contributed by atoms with Crippen molar-refractivity contribution in [2.45, 2.75) is 34.1 Å². The maximum absolute atomic E-state index is 13.3. The Kier molecular flexibility index (Phi) is 7.44. The van der Waals surface area contributed by atoms with Crippen LogP contribution < -0.4 is 5.43 Å². The number of hydrogen-bond acceptors (Lipinski definition) is 5. The summed E-state index contributed by atoms with van der Waals surface area (Å²) in [4.78, 5) is 13.8. The molecule has 1 atom stereocenters. The van der Waals surface area contributed by atoms with Gasteiger partial charge in [-0.25, -0.2) is 9.18 Å². The molecule has 0 aliphatic rings. The third-order valence-electron chi connectivity index (χ3n) is 4.78. The van der Waals surface area contributed by atoms with Crippen LogP contribution in [-0.4, -0.2) is 32.1 Å². The molecule has 0 aliphatic carbocycles. The number of aryl methyl sites for hydroxylation is 1. The van der Waals surface area contributed by atoms with Crippen molar-refractivity contribution in [3.63, 3.8) is 0 Å². The first-order chi connectivity index (χ1) is 14.1. The fraction of sp³-hybridized carbons (Fsp3) is 0.273. The predicted molar refractivity (Wildman–Crippen MR) is 112 cm³/mol. The van der Waals surface area contributed by atoms with Crippen molar-refractivity contribution in [2.75, 3.05) is 5.43 Å². The van der Waals surface area contributed by atoms with Crippen LogP contribution in [0.3, 0.4) is 0 Å². The quantitative estimate of drug-likeness (QED) is 0.271. The summed E-state index contributed by atoms with van der Waals surface area (Å²) in [5.41, 5.74) is 4.73. The van der Waals surface area contributed by atoms with Crippen LogP contribution in [0.4, 0.5) is 10.1 Å². The van der Waals surface area contributed by atoms with E-state index in [-0.39, 0.29) is 23.1 Å². The Labute approximate surface area is 174 Å². The number of benzene rings is 2. The summed E-state index contributed by atoms with van der Waals surface area (Å²) in [6.45, 7) is 7.18. The summed E-state index contributed by atoms with van der Waals surface area (Å²) in [6, 6.07) is 10.1. The van der Waals surface area contributed by atoms with Gasteiger partial charge in [0.05, 0.1) is 21.9 Å². The van der Waals surface area contributed by atoms with Crippen molar-refractivity contribution in [2.24, 2.45) is 10.9 Å². The highest BCUT2D eigenvalue weighted by Gasteiger charge is 2.32. The first kappa shape index (κ1) is 23.2. The van der Waals surface area contributed by atoms with Crippen LogP contribution in [0.15, 0.2) is 59.4 Å². The number of hydroxylamine groups is 2. The molecule has 4 N–H and O–H groups in total. The molecule has 8 heteroatoms. The van der Waals surface area contributed by atoms with Crippen LogP contribution in [0.1, 0.15) is 48.7 Å². The highest BCUT2D eigenvalue weighted by molar-refractivity contribution is 6.02. The molecule has 0 radical (unpaired) electrons. The van der Waals surface area contributed by atoms with Crippen LogP contribution in [0.25, 0.3) is 0 Å². The summed E-state index contributed by atoms with van der Waals surface area (Å²) in [5.74, 6) is -1.57. The number of aromatic carboxylic acids is 1. The number of quaternary nitrogens is 1. The Balaban J connectivity index is 2.42. The van der Waals surface area contributed by atoms with Crippen molar-refractivity contribution in [3.8, 4) is 0 Å². The number of rotatable bonds is 8.